The molecule has 72 valence electrons. The molecule has 0 amide bonds. The van der Waals surface area contributed by atoms with Gasteiger partial charge in [-0.1, -0.05) is 0 Å². The number of nitrogens with zero attached hydrogens (tertiary/aromatic N) is 2. The Bertz CT molecular complexity index is 270. The predicted octanol–water partition coefficient (Wildman–Crippen LogP) is 1.16. The highest BCUT2D eigenvalue weighted by molar-refractivity contribution is 7.09. The highest BCUT2D eigenvalue weighted by Gasteiger charge is 2.18. The SMILES string of the molecule is CNc1nc(CC2CCOC2)ns1. The second-order valence-electron chi connectivity index (χ2n) is 3.20. The molecule has 1 N–H and O–H groups in total. The van der Waals surface area contributed by atoms with Crippen LogP contribution in [-0.4, -0.2) is 29.6 Å². The molecule has 1 aromatic rings. The van der Waals surface area contributed by atoms with E-state index in [9.17, 15) is 0 Å². The lowest BCUT2D eigenvalue weighted by molar-refractivity contribution is 0.185. The van der Waals surface area contributed by atoms with Crippen LogP contribution in [0, 0.1) is 5.92 Å². The number of anilines is 1. The minimum absolute atomic E-state index is 0.624. The van der Waals surface area contributed by atoms with Crippen LogP contribution in [0.5, 0.6) is 0 Å². The van der Waals surface area contributed by atoms with E-state index in [1.165, 1.54) is 11.5 Å². The van der Waals surface area contributed by atoms with Gasteiger partial charge >= 0.3 is 0 Å². The van der Waals surface area contributed by atoms with Gasteiger partial charge in [0.05, 0.1) is 0 Å². The summed E-state index contributed by atoms with van der Waals surface area (Å²) in [6.07, 6.45) is 2.10. The van der Waals surface area contributed by atoms with Crippen molar-refractivity contribution in [3.8, 4) is 0 Å². The highest BCUT2D eigenvalue weighted by atomic mass is 32.1. The molecule has 1 atom stereocenters. The van der Waals surface area contributed by atoms with Crippen LogP contribution in [0.3, 0.4) is 0 Å². The molecular weight excluding hydrogens is 186 g/mol. The van der Waals surface area contributed by atoms with Crippen molar-refractivity contribution in [3.05, 3.63) is 5.82 Å². The Labute approximate surface area is 81.5 Å². The molecule has 1 fully saturated rings. The number of hydrogen-bond donors (Lipinski definition) is 1. The zero-order valence-corrected chi connectivity index (χ0v) is 8.43. The second-order valence-corrected chi connectivity index (χ2v) is 3.95. The maximum atomic E-state index is 5.29. The van der Waals surface area contributed by atoms with Crippen molar-refractivity contribution in [1.29, 1.82) is 0 Å². The van der Waals surface area contributed by atoms with Gasteiger partial charge in [0.1, 0.15) is 5.82 Å². The first-order valence-corrected chi connectivity index (χ1v) is 5.24. The van der Waals surface area contributed by atoms with Gasteiger partial charge in [-0.05, 0) is 12.3 Å². The maximum absolute atomic E-state index is 5.29. The van der Waals surface area contributed by atoms with E-state index in [0.717, 1.165) is 37.0 Å². The predicted molar refractivity (Wildman–Crippen MR) is 52.1 cm³/mol. The fourth-order valence-corrected chi connectivity index (χ4v) is 1.99. The molecule has 1 saturated heterocycles. The van der Waals surface area contributed by atoms with Crippen LogP contribution in [0.1, 0.15) is 12.2 Å². The van der Waals surface area contributed by atoms with Crippen LogP contribution in [0.2, 0.25) is 0 Å². The summed E-state index contributed by atoms with van der Waals surface area (Å²) in [5, 5.41) is 3.88. The van der Waals surface area contributed by atoms with Crippen molar-refractivity contribution in [2.24, 2.45) is 5.92 Å². The lowest BCUT2D eigenvalue weighted by atomic mass is 10.1. The van der Waals surface area contributed by atoms with Crippen LogP contribution in [0.4, 0.5) is 5.13 Å². The fraction of sp³-hybridized carbons (Fsp3) is 0.750. The van der Waals surface area contributed by atoms with Gasteiger partial charge in [0.2, 0.25) is 5.13 Å². The number of aromatic nitrogens is 2. The smallest absolute Gasteiger partial charge is 0.202 e. The topological polar surface area (TPSA) is 47.0 Å². The van der Waals surface area contributed by atoms with Gasteiger partial charge in [-0.3, -0.25) is 0 Å². The van der Waals surface area contributed by atoms with Crippen LogP contribution >= 0.6 is 11.5 Å². The van der Waals surface area contributed by atoms with Gasteiger partial charge in [0, 0.05) is 38.2 Å². The molecule has 1 aliphatic rings. The van der Waals surface area contributed by atoms with E-state index in [1.807, 2.05) is 7.05 Å². The van der Waals surface area contributed by atoms with Crippen LogP contribution < -0.4 is 5.32 Å². The molecular formula is C8H13N3OS. The zero-order chi connectivity index (χ0) is 9.10. The average Bonchev–Trinajstić information content (AvgIpc) is 2.76. The standard InChI is InChI=1S/C8H13N3OS/c1-9-8-10-7(11-13-8)4-6-2-3-12-5-6/h6H,2-5H2,1H3,(H,9,10,11). The van der Waals surface area contributed by atoms with E-state index in [0.29, 0.717) is 5.92 Å². The molecule has 0 bridgehead atoms. The molecule has 0 spiro atoms. The highest BCUT2D eigenvalue weighted by Crippen LogP contribution is 2.18. The first-order valence-electron chi connectivity index (χ1n) is 4.46. The quantitative estimate of drug-likeness (QED) is 0.793. The van der Waals surface area contributed by atoms with Gasteiger partial charge in [-0.25, -0.2) is 4.98 Å². The summed E-state index contributed by atoms with van der Waals surface area (Å²) >= 11 is 1.42. The normalized spacial score (nSPS) is 22.1. The van der Waals surface area contributed by atoms with Gasteiger partial charge in [-0.15, -0.1) is 0 Å². The minimum Gasteiger partial charge on any atom is -0.381 e. The van der Waals surface area contributed by atoms with E-state index in [-0.39, 0.29) is 0 Å². The second kappa shape index (κ2) is 4.02. The molecule has 0 aromatic carbocycles. The number of ether oxygens (including phenoxy) is 1. The van der Waals surface area contributed by atoms with Crippen LogP contribution in [-0.2, 0) is 11.2 Å². The van der Waals surface area contributed by atoms with Crippen molar-refractivity contribution in [2.45, 2.75) is 12.8 Å². The summed E-state index contributed by atoms with van der Waals surface area (Å²) in [7, 11) is 1.86. The van der Waals surface area contributed by atoms with Crippen LogP contribution in [0.15, 0.2) is 0 Å². The Hall–Kier alpha value is -0.680. The molecule has 0 radical (unpaired) electrons. The third kappa shape index (κ3) is 2.16. The van der Waals surface area contributed by atoms with Gasteiger partial charge in [-0.2, -0.15) is 4.37 Å². The summed E-state index contributed by atoms with van der Waals surface area (Å²) in [6, 6.07) is 0. The Morgan fingerprint density at radius 1 is 1.69 bits per heavy atom. The van der Waals surface area contributed by atoms with E-state index in [1.54, 1.807) is 0 Å². The van der Waals surface area contributed by atoms with E-state index >= 15 is 0 Å². The molecule has 0 aliphatic carbocycles. The largest absolute Gasteiger partial charge is 0.381 e. The minimum atomic E-state index is 0.624. The molecule has 13 heavy (non-hydrogen) atoms. The van der Waals surface area contributed by atoms with E-state index in [4.69, 9.17) is 4.74 Å². The Balaban J connectivity index is 1.92. The first kappa shape index (κ1) is 8.90. The van der Waals surface area contributed by atoms with Crippen molar-refractivity contribution >= 4 is 16.7 Å². The van der Waals surface area contributed by atoms with Crippen molar-refractivity contribution in [2.75, 3.05) is 25.6 Å². The Kier molecular flexibility index (Phi) is 2.75. The monoisotopic (exact) mass is 199 g/mol. The number of hydrogen-bond acceptors (Lipinski definition) is 5. The molecule has 1 unspecified atom stereocenters. The Morgan fingerprint density at radius 2 is 2.62 bits per heavy atom. The summed E-state index contributed by atoms with van der Waals surface area (Å²) in [4.78, 5) is 4.33. The lowest BCUT2D eigenvalue weighted by Crippen LogP contribution is -2.04. The van der Waals surface area contributed by atoms with Gasteiger partial charge in [0.15, 0.2) is 0 Å². The summed E-state index contributed by atoms with van der Waals surface area (Å²) in [5.41, 5.74) is 0. The molecule has 5 heteroatoms. The van der Waals surface area contributed by atoms with Crippen LogP contribution in [0.25, 0.3) is 0 Å². The molecule has 2 rings (SSSR count). The fourth-order valence-electron chi connectivity index (χ4n) is 1.44. The summed E-state index contributed by atoms with van der Waals surface area (Å²) < 4.78 is 9.56. The molecule has 4 nitrogen and oxygen atoms in total. The molecule has 0 saturated carbocycles. The third-order valence-electron chi connectivity index (χ3n) is 2.18. The average molecular weight is 199 g/mol. The maximum Gasteiger partial charge on any atom is 0.202 e. The molecule has 1 aliphatic heterocycles. The molecule has 2 heterocycles. The number of rotatable bonds is 3. The zero-order valence-electron chi connectivity index (χ0n) is 7.62. The van der Waals surface area contributed by atoms with Gasteiger partial charge in [0.25, 0.3) is 0 Å². The summed E-state index contributed by atoms with van der Waals surface area (Å²) in [6.45, 7) is 1.77. The first-order chi connectivity index (χ1) is 6.38. The van der Waals surface area contributed by atoms with E-state index < -0.39 is 0 Å². The van der Waals surface area contributed by atoms with Gasteiger partial charge < -0.3 is 10.1 Å². The number of nitrogens with one attached hydrogen (secondary N) is 1. The Morgan fingerprint density at radius 3 is 3.23 bits per heavy atom. The lowest BCUT2D eigenvalue weighted by Gasteiger charge is -2.01. The van der Waals surface area contributed by atoms with Crippen molar-refractivity contribution in [3.63, 3.8) is 0 Å². The molecule has 1 aromatic heterocycles. The summed E-state index contributed by atoms with van der Waals surface area (Å²) in [5.74, 6) is 1.57. The third-order valence-corrected chi connectivity index (χ3v) is 2.95. The van der Waals surface area contributed by atoms with E-state index in [2.05, 4.69) is 14.7 Å². The van der Waals surface area contributed by atoms with Crippen molar-refractivity contribution in [1.82, 2.24) is 9.36 Å². The van der Waals surface area contributed by atoms with Crippen molar-refractivity contribution < 1.29 is 4.74 Å².